The number of nitrogens with zero attached hydrogens (tertiary/aromatic N) is 4. The fourth-order valence-corrected chi connectivity index (χ4v) is 4.44. The van der Waals surface area contributed by atoms with Crippen molar-refractivity contribution in [3.63, 3.8) is 0 Å². The number of aromatic nitrogens is 3. The van der Waals surface area contributed by atoms with Gasteiger partial charge in [0.15, 0.2) is 5.82 Å². The van der Waals surface area contributed by atoms with Crippen LogP contribution >= 0.6 is 24.0 Å². The van der Waals surface area contributed by atoms with Crippen LogP contribution in [0.2, 0.25) is 0 Å². The number of benzene rings is 2. The number of rotatable bonds is 4. The van der Waals surface area contributed by atoms with Crippen LogP contribution < -0.4 is 0 Å². The Morgan fingerprint density at radius 3 is 2.56 bits per heavy atom. The van der Waals surface area contributed by atoms with Gasteiger partial charge in [-0.05, 0) is 48.7 Å². The molecule has 0 radical (unpaired) electrons. The van der Waals surface area contributed by atoms with Crippen molar-refractivity contribution in [2.45, 2.75) is 13.1 Å². The summed E-state index contributed by atoms with van der Waals surface area (Å²) in [6, 6.07) is 16.4. The first kappa shape index (κ1) is 18.4. The van der Waals surface area contributed by atoms with Gasteiger partial charge < -0.3 is 0 Å². The molecule has 0 atom stereocenters. The summed E-state index contributed by atoms with van der Waals surface area (Å²) >= 11 is 7.77. The molecule has 1 aromatic heterocycles. The first-order valence-corrected chi connectivity index (χ1v) is 10.6. The molecule has 0 unspecified atom stereocenters. The van der Waals surface area contributed by atoms with E-state index in [-0.39, 0.29) is 5.82 Å². The van der Waals surface area contributed by atoms with Crippen LogP contribution in [0.15, 0.2) is 54.6 Å². The van der Waals surface area contributed by atoms with Gasteiger partial charge in [-0.3, -0.25) is 9.47 Å². The predicted octanol–water partition coefficient (Wildman–Crippen LogP) is 4.61. The van der Waals surface area contributed by atoms with E-state index in [4.69, 9.17) is 17.3 Å². The largest absolute Gasteiger partial charge is 0.283 e. The van der Waals surface area contributed by atoms with Crippen molar-refractivity contribution < 1.29 is 4.39 Å². The normalized spacial score (nSPS) is 15.6. The van der Waals surface area contributed by atoms with Gasteiger partial charge in [-0.1, -0.05) is 30.3 Å². The second-order valence-electron chi connectivity index (χ2n) is 6.51. The highest BCUT2D eigenvalue weighted by Gasteiger charge is 2.17. The van der Waals surface area contributed by atoms with Gasteiger partial charge in [-0.15, -0.1) is 5.10 Å². The fraction of sp³-hybridized carbons (Fsp3) is 0.300. The number of halogens is 1. The highest BCUT2D eigenvalue weighted by Crippen LogP contribution is 2.23. The van der Waals surface area contributed by atoms with Gasteiger partial charge in [0.25, 0.3) is 0 Å². The van der Waals surface area contributed by atoms with Gasteiger partial charge >= 0.3 is 0 Å². The Bertz CT molecular complexity index is 942. The summed E-state index contributed by atoms with van der Waals surface area (Å²) in [7, 11) is 0. The van der Waals surface area contributed by atoms with Crippen LogP contribution in [-0.4, -0.2) is 43.8 Å². The van der Waals surface area contributed by atoms with Crippen LogP contribution in [0.5, 0.6) is 0 Å². The van der Waals surface area contributed by atoms with E-state index in [1.165, 1.54) is 24.3 Å². The Morgan fingerprint density at radius 2 is 1.78 bits per heavy atom. The van der Waals surface area contributed by atoms with Crippen LogP contribution in [-0.2, 0) is 6.67 Å². The minimum atomic E-state index is -0.263. The third-order valence-electron chi connectivity index (χ3n) is 4.60. The molecule has 2 heterocycles. The van der Waals surface area contributed by atoms with E-state index in [9.17, 15) is 4.39 Å². The molecule has 1 saturated heterocycles. The molecule has 1 aliphatic heterocycles. The van der Waals surface area contributed by atoms with Crippen molar-refractivity contribution in [3.05, 3.63) is 65.2 Å². The average Bonchev–Trinajstić information content (AvgIpc) is 2.86. The molecule has 4 rings (SSSR count). The molecule has 140 valence electrons. The Kier molecular flexibility index (Phi) is 5.71. The van der Waals surface area contributed by atoms with Crippen LogP contribution in [0, 0.1) is 10.6 Å². The van der Waals surface area contributed by atoms with E-state index >= 15 is 0 Å². The van der Waals surface area contributed by atoms with E-state index in [2.05, 4.69) is 4.90 Å². The minimum absolute atomic E-state index is 0.263. The summed E-state index contributed by atoms with van der Waals surface area (Å²) in [4.78, 5) is 2.40. The van der Waals surface area contributed by atoms with E-state index in [1.807, 2.05) is 51.3 Å². The van der Waals surface area contributed by atoms with Crippen molar-refractivity contribution in [3.8, 4) is 17.1 Å². The Morgan fingerprint density at radius 1 is 1.00 bits per heavy atom. The van der Waals surface area contributed by atoms with Crippen LogP contribution in [0.1, 0.15) is 6.42 Å². The Labute approximate surface area is 167 Å². The number of hydrogen-bond acceptors (Lipinski definition) is 4. The second-order valence-corrected chi connectivity index (χ2v) is 8.10. The van der Waals surface area contributed by atoms with Gasteiger partial charge in [0.2, 0.25) is 4.77 Å². The Hall–Kier alpha value is -1.96. The molecule has 0 spiro atoms. The molecule has 0 bridgehead atoms. The highest BCUT2D eigenvalue weighted by molar-refractivity contribution is 7.99. The van der Waals surface area contributed by atoms with Crippen molar-refractivity contribution in [1.82, 2.24) is 19.2 Å². The summed E-state index contributed by atoms with van der Waals surface area (Å²) < 4.78 is 17.9. The molecular formula is C20H21FN4S2. The summed E-state index contributed by atoms with van der Waals surface area (Å²) in [5.74, 6) is 2.86. The minimum Gasteiger partial charge on any atom is -0.283 e. The van der Waals surface area contributed by atoms with Crippen LogP contribution in [0.4, 0.5) is 4.39 Å². The second kappa shape index (κ2) is 8.37. The third kappa shape index (κ3) is 4.15. The van der Waals surface area contributed by atoms with Crippen molar-refractivity contribution in [2.75, 3.05) is 24.6 Å². The summed E-state index contributed by atoms with van der Waals surface area (Å²) in [5.41, 5.74) is 1.80. The summed E-state index contributed by atoms with van der Waals surface area (Å²) in [6.07, 6.45) is 1.18. The van der Waals surface area contributed by atoms with Crippen molar-refractivity contribution in [2.24, 2.45) is 0 Å². The quantitative estimate of drug-likeness (QED) is 0.598. The summed E-state index contributed by atoms with van der Waals surface area (Å²) in [5, 5.41) is 4.84. The van der Waals surface area contributed by atoms with E-state index < -0.39 is 0 Å². The summed E-state index contributed by atoms with van der Waals surface area (Å²) in [6.45, 7) is 2.77. The van der Waals surface area contributed by atoms with Crippen LogP contribution in [0.25, 0.3) is 17.1 Å². The average molecular weight is 401 g/mol. The van der Waals surface area contributed by atoms with Crippen molar-refractivity contribution >= 4 is 24.0 Å². The molecule has 2 aromatic carbocycles. The standard InChI is InChI=1S/C20H21FN4S2/c21-17-7-9-18(10-8-17)25-19(16-5-2-1-3-6-16)22-24(20(25)26)15-23-11-4-13-27-14-12-23/h1-3,5-10H,4,11-15H2. The SMILES string of the molecule is Fc1ccc(-n2c(-c3ccccc3)nn(CN3CCCSCC3)c2=S)cc1. The molecule has 4 nitrogen and oxygen atoms in total. The number of thioether (sulfide) groups is 1. The molecule has 7 heteroatoms. The topological polar surface area (TPSA) is 26.0 Å². The molecule has 1 aliphatic rings. The zero-order valence-electron chi connectivity index (χ0n) is 14.9. The third-order valence-corrected chi connectivity index (χ3v) is 6.05. The lowest BCUT2D eigenvalue weighted by Crippen LogP contribution is -2.29. The first-order valence-electron chi connectivity index (χ1n) is 9.04. The van der Waals surface area contributed by atoms with E-state index in [0.717, 1.165) is 35.9 Å². The molecule has 0 aliphatic carbocycles. The molecule has 1 fully saturated rings. The maximum atomic E-state index is 13.4. The lowest BCUT2D eigenvalue weighted by Gasteiger charge is -2.18. The maximum absolute atomic E-state index is 13.4. The maximum Gasteiger partial charge on any atom is 0.204 e. The van der Waals surface area contributed by atoms with Gasteiger partial charge in [0, 0.05) is 24.4 Å². The van der Waals surface area contributed by atoms with Crippen LogP contribution in [0.3, 0.4) is 0 Å². The number of hydrogen-bond donors (Lipinski definition) is 0. The first-order chi connectivity index (χ1) is 13.2. The Balaban J connectivity index is 1.77. The zero-order chi connectivity index (χ0) is 18.6. The predicted molar refractivity (Wildman–Crippen MR) is 111 cm³/mol. The molecular weight excluding hydrogens is 379 g/mol. The van der Waals surface area contributed by atoms with Crippen molar-refractivity contribution in [1.29, 1.82) is 0 Å². The monoisotopic (exact) mass is 400 g/mol. The van der Waals surface area contributed by atoms with Gasteiger partial charge in [0.05, 0.1) is 12.4 Å². The highest BCUT2D eigenvalue weighted by atomic mass is 32.2. The van der Waals surface area contributed by atoms with Gasteiger partial charge in [0.1, 0.15) is 5.82 Å². The molecule has 27 heavy (non-hydrogen) atoms. The zero-order valence-corrected chi connectivity index (χ0v) is 16.6. The molecule has 0 N–H and O–H groups in total. The van der Waals surface area contributed by atoms with E-state index in [1.54, 1.807) is 12.1 Å². The lowest BCUT2D eigenvalue weighted by atomic mass is 10.2. The molecule has 0 saturated carbocycles. The molecule has 0 amide bonds. The van der Waals surface area contributed by atoms with Gasteiger partial charge in [-0.2, -0.15) is 11.8 Å². The molecule has 3 aromatic rings. The van der Waals surface area contributed by atoms with Gasteiger partial charge in [-0.25, -0.2) is 9.07 Å². The smallest absolute Gasteiger partial charge is 0.204 e. The fourth-order valence-electron chi connectivity index (χ4n) is 3.23. The lowest BCUT2D eigenvalue weighted by molar-refractivity contribution is 0.221. The van der Waals surface area contributed by atoms with E-state index in [0.29, 0.717) is 11.4 Å².